The van der Waals surface area contributed by atoms with Crippen LogP contribution >= 0.6 is 0 Å². The quantitative estimate of drug-likeness (QED) is 0.845. The monoisotopic (exact) mass is 264 g/mol. The van der Waals surface area contributed by atoms with E-state index < -0.39 is 0 Å². The first-order valence-corrected chi connectivity index (χ1v) is 7.10. The molecule has 0 saturated carbocycles. The van der Waals surface area contributed by atoms with Crippen LogP contribution in [0, 0.1) is 0 Å². The molecule has 5 heteroatoms. The van der Waals surface area contributed by atoms with Crippen molar-refractivity contribution in [2.75, 3.05) is 38.7 Å². The highest BCUT2D eigenvalue weighted by atomic mass is 16.5. The van der Waals surface area contributed by atoms with Crippen LogP contribution in [-0.4, -0.2) is 54.3 Å². The number of anilines is 1. The van der Waals surface area contributed by atoms with Crippen LogP contribution in [0.15, 0.2) is 12.4 Å². The van der Waals surface area contributed by atoms with Crippen molar-refractivity contribution in [2.24, 2.45) is 0 Å². The summed E-state index contributed by atoms with van der Waals surface area (Å²) in [5, 5.41) is 3.52. The highest BCUT2D eigenvalue weighted by Crippen LogP contribution is 2.15. The molecule has 1 N–H and O–H groups in total. The maximum atomic E-state index is 5.12. The van der Waals surface area contributed by atoms with Crippen LogP contribution in [0.3, 0.4) is 0 Å². The summed E-state index contributed by atoms with van der Waals surface area (Å²) in [5.74, 6) is 0.960. The van der Waals surface area contributed by atoms with E-state index in [-0.39, 0.29) is 0 Å². The third-order valence-corrected chi connectivity index (χ3v) is 3.64. The first-order chi connectivity index (χ1) is 9.31. The molecule has 0 aliphatic carbocycles. The SMILES string of the molecule is CCc1cc(NC2CCN(CCOC)CC2)ncn1. The molecule has 0 amide bonds. The standard InChI is InChI=1S/C14H24N4O/c1-3-12-10-14(16-11-15-12)17-13-4-6-18(7-5-13)8-9-19-2/h10-11,13H,3-9H2,1-2H3,(H,15,16,17). The third kappa shape index (κ3) is 4.44. The van der Waals surface area contributed by atoms with Crippen LogP contribution in [0.1, 0.15) is 25.5 Å². The highest BCUT2D eigenvalue weighted by Gasteiger charge is 2.18. The fraction of sp³-hybridized carbons (Fsp3) is 0.714. The van der Waals surface area contributed by atoms with Crippen molar-refractivity contribution in [3.05, 3.63) is 18.1 Å². The van der Waals surface area contributed by atoms with Crippen molar-refractivity contribution in [3.63, 3.8) is 0 Å². The average molecular weight is 264 g/mol. The van der Waals surface area contributed by atoms with Gasteiger partial charge in [0.15, 0.2) is 0 Å². The maximum Gasteiger partial charge on any atom is 0.129 e. The van der Waals surface area contributed by atoms with E-state index in [4.69, 9.17) is 4.74 Å². The Morgan fingerprint density at radius 3 is 2.84 bits per heavy atom. The van der Waals surface area contributed by atoms with E-state index >= 15 is 0 Å². The minimum absolute atomic E-state index is 0.526. The molecule has 0 aromatic carbocycles. The predicted octanol–water partition coefficient (Wildman–Crippen LogP) is 1.56. The van der Waals surface area contributed by atoms with Gasteiger partial charge in [-0.15, -0.1) is 0 Å². The molecule has 1 fully saturated rings. The Morgan fingerprint density at radius 1 is 1.37 bits per heavy atom. The van der Waals surface area contributed by atoms with Gasteiger partial charge in [-0.3, -0.25) is 0 Å². The van der Waals surface area contributed by atoms with E-state index in [1.165, 1.54) is 0 Å². The van der Waals surface area contributed by atoms with Gasteiger partial charge in [0, 0.05) is 44.5 Å². The smallest absolute Gasteiger partial charge is 0.129 e. The number of likely N-dealkylation sites (tertiary alicyclic amines) is 1. The Bertz CT molecular complexity index is 377. The Kier molecular flexibility index (Phi) is 5.54. The zero-order valence-electron chi connectivity index (χ0n) is 11.9. The summed E-state index contributed by atoms with van der Waals surface area (Å²) in [6, 6.07) is 2.58. The molecule has 0 spiro atoms. The summed E-state index contributed by atoms with van der Waals surface area (Å²) in [6.07, 6.45) is 4.92. The molecular weight excluding hydrogens is 240 g/mol. The van der Waals surface area contributed by atoms with E-state index in [1.807, 2.05) is 0 Å². The number of hydrogen-bond acceptors (Lipinski definition) is 5. The van der Waals surface area contributed by atoms with E-state index in [0.717, 1.165) is 57.0 Å². The lowest BCUT2D eigenvalue weighted by Gasteiger charge is -2.32. The van der Waals surface area contributed by atoms with Gasteiger partial charge in [0.05, 0.1) is 6.61 Å². The molecule has 0 radical (unpaired) electrons. The lowest BCUT2D eigenvalue weighted by Crippen LogP contribution is -2.40. The van der Waals surface area contributed by atoms with Gasteiger partial charge in [-0.1, -0.05) is 6.92 Å². The molecule has 1 aromatic heterocycles. The Morgan fingerprint density at radius 2 is 2.16 bits per heavy atom. The van der Waals surface area contributed by atoms with Crippen molar-refractivity contribution in [1.29, 1.82) is 0 Å². The van der Waals surface area contributed by atoms with Crippen LogP contribution < -0.4 is 5.32 Å². The summed E-state index contributed by atoms with van der Waals surface area (Å²) in [6.45, 7) is 6.24. The Balaban J connectivity index is 1.78. The van der Waals surface area contributed by atoms with Gasteiger partial charge >= 0.3 is 0 Å². The number of hydrogen-bond donors (Lipinski definition) is 1. The van der Waals surface area contributed by atoms with Crippen molar-refractivity contribution in [3.8, 4) is 0 Å². The number of methoxy groups -OCH3 is 1. The molecule has 5 nitrogen and oxygen atoms in total. The minimum Gasteiger partial charge on any atom is -0.383 e. The molecule has 0 atom stereocenters. The molecule has 2 heterocycles. The van der Waals surface area contributed by atoms with Gasteiger partial charge in [0.1, 0.15) is 12.1 Å². The van der Waals surface area contributed by atoms with E-state index in [0.29, 0.717) is 6.04 Å². The van der Waals surface area contributed by atoms with Crippen molar-refractivity contribution < 1.29 is 4.74 Å². The molecule has 1 aliphatic rings. The lowest BCUT2D eigenvalue weighted by molar-refractivity contribution is 0.132. The number of piperidine rings is 1. The van der Waals surface area contributed by atoms with Gasteiger partial charge in [0.25, 0.3) is 0 Å². The van der Waals surface area contributed by atoms with Gasteiger partial charge in [0.2, 0.25) is 0 Å². The average Bonchev–Trinajstić information content (AvgIpc) is 2.47. The van der Waals surface area contributed by atoms with Crippen LogP contribution in [0.2, 0.25) is 0 Å². The third-order valence-electron chi connectivity index (χ3n) is 3.64. The fourth-order valence-electron chi connectivity index (χ4n) is 2.40. The van der Waals surface area contributed by atoms with Gasteiger partial charge < -0.3 is 15.0 Å². The molecule has 1 saturated heterocycles. The molecule has 0 bridgehead atoms. The normalized spacial score (nSPS) is 17.6. The molecule has 0 unspecified atom stereocenters. The number of nitrogens with one attached hydrogen (secondary N) is 1. The van der Waals surface area contributed by atoms with Crippen molar-refractivity contribution in [1.82, 2.24) is 14.9 Å². The van der Waals surface area contributed by atoms with E-state index in [2.05, 4.69) is 33.2 Å². The molecule has 1 aliphatic heterocycles. The molecular formula is C14H24N4O. The topological polar surface area (TPSA) is 50.3 Å². The maximum absolute atomic E-state index is 5.12. The zero-order valence-corrected chi connectivity index (χ0v) is 11.9. The fourth-order valence-corrected chi connectivity index (χ4v) is 2.40. The predicted molar refractivity (Wildman–Crippen MR) is 76.4 cm³/mol. The second-order valence-corrected chi connectivity index (χ2v) is 5.00. The van der Waals surface area contributed by atoms with Crippen LogP contribution in [0.5, 0.6) is 0 Å². The lowest BCUT2D eigenvalue weighted by atomic mass is 10.1. The summed E-state index contributed by atoms with van der Waals surface area (Å²) in [4.78, 5) is 11.0. The number of aromatic nitrogens is 2. The number of ether oxygens (including phenoxy) is 1. The molecule has 106 valence electrons. The summed E-state index contributed by atoms with van der Waals surface area (Å²) in [5.41, 5.74) is 1.09. The van der Waals surface area contributed by atoms with Crippen LogP contribution in [0.4, 0.5) is 5.82 Å². The van der Waals surface area contributed by atoms with Gasteiger partial charge in [-0.05, 0) is 19.3 Å². The Labute approximate surface area is 115 Å². The summed E-state index contributed by atoms with van der Waals surface area (Å²) >= 11 is 0. The number of nitrogens with zero attached hydrogens (tertiary/aromatic N) is 3. The first-order valence-electron chi connectivity index (χ1n) is 7.10. The van der Waals surface area contributed by atoms with Gasteiger partial charge in [-0.25, -0.2) is 9.97 Å². The largest absolute Gasteiger partial charge is 0.383 e. The second kappa shape index (κ2) is 7.40. The zero-order chi connectivity index (χ0) is 13.5. The van der Waals surface area contributed by atoms with Gasteiger partial charge in [-0.2, -0.15) is 0 Å². The number of rotatable bonds is 6. The summed E-state index contributed by atoms with van der Waals surface area (Å²) in [7, 11) is 1.76. The number of aryl methyl sites for hydroxylation is 1. The molecule has 19 heavy (non-hydrogen) atoms. The molecule has 1 aromatic rings. The summed E-state index contributed by atoms with van der Waals surface area (Å²) < 4.78 is 5.12. The molecule has 2 rings (SSSR count). The Hall–Kier alpha value is -1.20. The van der Waals surface area contributed by atoms with Crippen molar-refractivity contribution in [2.45, 2.75) is 32.2 Å². The highest BCUT2D eigenvalue weighted by molar-refractivity contribution is 5.36. The van der Waals surface area contributed by atoms with Crippen LogP contribution in [0.25, 0.3) is 0 Å². The van der Waals surface area contributed by atoms with Crippen molar-refractivity contribution >= 4 is 5.82 Å². The second-order valence-electron chi connectivity index (χ2n) is 5.00. The minimum atomic E-state index is 0.526. The van der Waals surface area contributed by atoms with E-state index in [1.54, 1.807) is 13.4 Å². The first kappa shape index (κ1) is 14.2. The van der Waals surface area contributed by atoms with E-state index in [9.17, 15) is 0 Å². The van der Waals surface area contributed by atoms with Crippen LogP contribution in [-0.2, 0) is 11.2 Å².